The molecule has 0 aromatic heterocycles. The van der Waals surface area contributed by atoms with Gasteiger partial charge in [-0.15, -0.1) is 0 Å². The van der Waals surface area contributed by atoms with E-state index in [1.807, 2.05) is 0 Å². The summed E-state index contributed by atoms with van der Waals surface area (Å²) in [6.45, 7) is 0.314. The number of carbonyl (C=O) groups is 1. The molecule has 0 aromatic carbocycles. The third-order valence-electron chi connectivity index (χ3n) is 0.615. The second kappa shape index (κ2) is 5.05. The van der Waals surface area contributed by atoms with Gasteiger partial charge in [0.15, 0.2) is 0 Å². The SMILES string of the molecule is O=CNC[C@H](O)CBr. The number of halogens is 1. The molecule has 2 N–H and O–H groups in total. The Kier molecular flexibility index (Phi) is 5.00. The molecule has 1 amide bonds. The molecular weight excluding hydrogens is 174 g/mol. The van der Waals surface area contributed by atoms with Crippen molar-refractivity contribution >= 4 is 22.3 Å². The highest BCUT2D eigenvalue weighted by molar-refractivity contribution is 9.09. The van der Waals surface area contributed by atoms with Gasteiger partial charge in [-0.1, -0.05) is 15.9 Å². The lowest BCUT2D eigenvalue weighted by atomic mass is 10.4. The highest BCUT2D eigenvalue weighted by Crippen LogP contribution is 1.85. The zero-order valence-electron chi connectivity index (χ0n) is 4.30. The van der Waals surface area contributed by atoms with Crippen LogP contribution in [0.5, 0.6) is 0 Å². The molecule has 0 aromatic rings. The van der Waals surface area contributed by atoms with E-state index in [9.17, 15) is 4.79 Å². The predicted octanol–water partition coefficient (Wildman–Crippen LogP) is -0.512. The predicted molar refractivity (Wildman–Crippen MR) is 33.9 cm³/mol. The average molecular weight is 182 g/mol. The van der Waals surface area contributed by atoms with E-state index in [2.05, 4.69) is 21.2 Å². The number of nitrogens with one attached hydrogen (secondary N) is 1. The summed E-state index contributed by atoms with van der Waals surface area (Å²) in [5.41, 5.74) is 0. The monoisotopic (exact) mass is 181 g/mol. The third kappa shape index (κ3) is 4.08. The molecule has 0 aliphatic heterocycles. The van der Waals surface area contributed by atoms with E-state index in [-0.39, 0.29) is 0 Å². The molecule has 8 heavy (non-hydrogen) atoms. The van der Waals surface area contributed by atoms with Crippen molar-refractivity contribution < 1.29 is 9.90 Å². The first kappa shape index (κ1) is 7.91. The lowest BCUT2D eigenvalue weighted by Crippen LogP contribution is -2.26. The van der Waals surface area contributed by atoms with Crippen LogP contribution in [-0.2, 0) is 4.79 Å². The Bertz CT molecular complexity index is 69.1. The third-order valence-corrected chi connectivity index (χ3v) is 1.36. The fourth-order valence-electron chi connectivity index (χ4n) is 0.239. The normalized spacial score (nSPS) is 12.8. The molecule has 48 valence electrons. The maximum absolute atomic E-state index is 9.59. The van der Waals surface area contributed by atoms with Gasteiger partial charge in [0.05, 0.1) is 6.10 Å². The quantitative estimate of drug-likeness (QED) is 0.454. The summed E-state index contributed by atoms with van der Waals surface area (Å²) in [5.74, 6) is 0. The minimum Gasteiger partial charge on any atom is -0.390 e. The Balaban J connectivity index is 2.97. The van der Waals surface area contributed by atoms with Gasteiger partial charge < -0.3 is 10.4 Å². The topological polar surface area (TPSA) is 49.3 Å². The van der Waals surface area contributed by atoms with Crippen molar-refractivity contribution in [2.75, 3.05) is 11.9 Å². The molecule has 0 saturated heterocycles. The molecular formula is C4H8BrNO2. The van der Waals surface area contributed by atoms with Crippen LogP contribution in [-0.4, -0.2) is 29.5 Å². The first-order chi connectivity index (χ1) is 3.81. The van der Waals surface area contributed by atoms with E-state index in [1.165, 1.54) is 0 Å². The number of hydrogen-bond acceptors (Lipinski definition) is 2. The zero-order chi connectivity index (χ0) is 6.41. The number of rotatable bonds is 4. The standard InChI is InChI=1S/C4H8BrNO2/c5-1-4(8)2-6-3-7/h3-4,8H,1-2H2,(H,6,7)/t4-/m1/s1. The molecule has 0 radical (unpaired) electrons. The number of amides is 1. The molecule has 0 unspecified atom stereocenters. The first-order valence-electron chi connectivity index (χ1n) is 2.22. The van der Waals surface area contributed by atoms with Gasteiger partial charge in [-0.05, 0) is 0 Å². The van der Waals surface area contributed by atoms with E-state index < -0.39 is 6.10 Å². The molecule has 0 heterocycles. The van der Waals surface area contributed by atoms with E-state index in [4.69, 9.17) is 5.11 Å². The molecule has 0 spiro atoms. The van der Waals surface area contributed by atoms with Crippen LogP contribution in [0, 0.1) is 0 Å². The summed E-state index contributed by atoms with van der Waals surface area (Å²) in [5, 5.41) is 11.6. The van der Waals surface area contributed by atoms with Gasteiger partial charge in [0.25, 0.3) is 0 Å². The number of aliphatic hydroxyl groups excluding tert-OH is 1. The Hall–Kier alpha value is -0.0900. The van der Waals surface area contributed by atoms with Crippen LogP contribution < -0.4 is 5.32 Å². The lowest BCUT2D eigenvalue weighted by Gasteiger charge is -2.02. The van der Waals surface area contributed by atoms with Gasteiger partial charge in [-0.3, -0.25) is 4.79 Å². The van der Waals surface area contributed by atoms with Crippen LogP contribution >= 0.6 is 15.9 Å². The van der Waals surface area contributed by atoms with Gasteiger partial charge in [-0.2, -0.15) is 0 Å². The second-order valence-corrected chi connectivity index (χ2v) is 1.98. The summed E-state index contributed by atoms with van der Waals surface area (Å²) >= 11 is 3.04. The molecule has 0 bridgehead atoms. The maximum Gasteiger partial charge on any atom is 0.207 e. The smallest absolute Gasteiger partial charge is 0.207 e. The molecule has 4 heteroatoms. The molecule has 0 rings (SSSR count). The first-order valence-corrected chi connectivity index (χ1v) is 3.34. The lowest BCUT2D eigenvalue weighted by molar-refractivity contribution is -0.109. The number of carbonyl (C=O) groups excluding carboxylic acids is 1. The van der Waals surface area contributed by atoms with E-state index in [1.54, 1.807) is 0 Å². The molecule has 3 nitrogen and oxygen atoms in total. The summed E-state index contributed by atoms with van der Waals surface area (Å²) in [6, 6.07) is 0. The van der Waals surface area contributed by atoms with Crippen LogP contribution in [0.25, 0.3) is 0 Å². The van der Waals surface area contributed by atoms with Crippen molar-refractivity contribution in [3.8, 4) is 0 Å². The molecule has 0 saturated carbocycles. The Morgan fingerprint density at radius 3 is 2.88 bits per heavy atom. The van der Waals surface area contributed by atoms with Crippen molar-refractivity contribution in [3.63, 3.8) is 0 Å². The highest BCUT2D eigenvalue weighted by atomic mass is 79.9. The number of alkyl halides is 1. The highest BCUT2D eigenvalue weighted by Gasteiger charge is 1.96. The van der Waals surface area contributed by atoms with Crippen molar-refractivity contribution in [2.45, 2.75) is 6.10 Å². The summed E-state index contributed by atoms with van der Waals surface area (Å²) in [4.78, 5) is 9.59. The largest absolute Gasteiger partial charge is 0.390 e. The van der Waals surface area contributed by atoms with Gasteiger partial charge in [0.2, 0.25) is 6.41 Å². The molecule has 0 aliphatic rings. The van der Waals surface area contributed by atoms with Crippen LogP contribution in [0.1, 0.15) is 0 Å². The molecule has 0 aliphatic carbocycles. The minimum absolute atomic E-state index is 0.314. The van der Waals surface area contributed by atoms with E-state index in [0.29, 0.717) is 18.3 Å². The van der Waals surface area contributed by atoms with E-state index >= 15 is 0 Å². The van der Waals surface area contributed by atoms with Crippen LogP contribution in [0.2, 0.25) is 0 Å². The average Bonchev–Trinajstić information content (AvgIpc) is 1.83. The Labute approximate surface area is 56.2 Å². The Morgan fingerprint density at radius 2 is 2.50 bits per heavy atom. The van der Waals surface area contributed by atoms with Crippen molar-refractivity contribution in [1.82, 2.24) is 5.32 Å². The molecule has 0 fully saturated rings. The fourth-order valence-corrected chi connectivity index (χ4v) is 0.468. The number of aliphatic hydroxyl groups is 1. The van der Waals surface area contributed by atoms with Crippen molar-refractivity contribution in [3.05, 3.63) is 0 Å². The summed E-state index contributed by atoms with van der Waals surface area (Å²) in [6.07, 6.45) is 0.0894. The number of hydrogen-bond donors (Lipinski definition) is 2. The summed E-state index contributed by atoms with van der Waals surface area (Å²) < 4.78 is 0. The van der Waals surface area contributed by atoms with Crippen molar-refractivity contribution in [2.24, 2.45) is 0 Å². The van der Waals surface area contributed by atoms with E-state index in [0.717, 1.165) is 0 Å². The maximum atomic E-state index is 9.59. The van der Waals surface area contributed by atoms with Crippen LogP contribution in [0.15, 0.2) is 0 Å². The van der Waals surface area contributed by atoms with Crippen LogP contribution in [0.3, 0.4) is 0 Å². The van der Waals surface area contributed by atoms with Gasteiger partial charge in [0, 0.05) is 11.9 Å². The zero-order valence-corrected chi connectivity index (χ0v) is 5.89. The minimum atomic E-state index is -0.472. The molecule has 1 atom stereocenters. The Morgan fingerprint density at radius 1 is 1.88 bits per heavy atom. The van der Waals surface area contributed by atoms with Gasteiger partial charge >= 0.3 is 0 Å². The van der Waals surface area contributed by atoms with Gasteiger partial charge in [-0.25, -0.2) is 0 Å². The summed E-state index contributed by atoms with van der Waals surface area (Å²) in [7, 11) is 0. The fraction of sp³-hybridized carbons (Fsp3) is 0.750. The van der Waals surface area contributed by atoms with Gasteiger partial charge in [0.1, 0.15) is 0 Å². The van der Waals surface area contributed by atoms with Crippen LogP contribution in [0.4, 0.5) is 0 Å². The second-order valence-electron chi connectivity index (χ2n) is 1.33. The van der Waals surface area contributed by atoms with Crippen molar-refractivity contribution in [1.29, 1.82) is 0 Å².